The molecular formula is C10H18NO2-. The van der Waals surface area contributed by atoms with Crippen LogP contribution >= 0.6 is 0 Å². The zero-order valence-corrected chi connectivity index (χ0v) is 8.67. The minimum atomic E-state index is -1.10. The average molecular weight is 184 g/mol. The molecule has 0 unspecified atom stereocenters. The zero-order valence-electron chi connectivity index (χ0n) is 8.67. The number of hydrogen-bond donors (Lipinski definition) is 0. The molecule has 0 amide bonds. The molecule has 0 heterocycles. The molecule has 0 aliphatic carbocycles. The van der Waals surface area contributed by atoms with E-state index < -0.39 is 5.97 Å². The van der Waals surface area contributed by atoms with Crippen molar-refractivity contribution in [2.24, 2.45) is 0 Å². The smallest absolute Gasteiger partial charge is 0.0873 e. The van der Waals surface area contributed by atoms with Gasteiger partial charge in [-0.15, -0.1) is 0 Å². The number of allylic oxidation sites excluding steroid dienone is 1. The lowest BCUT2D eigenvalue weighted by Gasteiger charge is -2.17. The summed E-state index contributed by atoms with van der Waals surface area (Å²) in [4.78, 5) is 12.2. The van der Waals surface area contributed by atoms with E-state index in [2.05, 4.69) is 6.92 Å². The number of unbranched alkanes of at least 4 members (excludes halogenated alkanes) is 3. The molecule has 0 radical (unpaired) electrons. The predicted molar refractivity (Wildman–Crippen MR) is 50.9 cm³/mol. The molecule has 0 saturated heterocycles. The standard InChI is InChI=1S/C10H19NO2/c1-4-5-6-7-8-9(10(12)13)11(2)3/h8H,4-7H2,1-3H3,(H,12,13)/p-1/b9-8+. The van der Waals surface area contributed by atoms with Gasteiger partial charge in [0.05, 0.1) is 11.7 Å². The van der Waals surface area contributed by atoms with Gasteiger partial charge in [-0.1, -0.05) is 25.8 Å². The van der Waals surface area contributed by atoms with Gasteiger partial charge in [-0.2, -0.15) is 0 Å². The molecule has 0 aliphatic rings. The lowest BCUT2D eigenvalue weighted by atomic mass is 10.2. The van der Waals surface area contributed by atoms with Crippen LogP contribution in [0.1, 0.15) is 32.6 Å². The van der Waals surface area contributed by atoms with E-state index in [-0.39, 0.29) is 5.70 Å². The number of carboxylic acid groups (broad SMARTS) is 1. The van der Waals surface area contributed by atoms with Crippen LogP contribution in [-0.4, -0.2) is 25.0 Å². The molecule has 76 valence electrons. The van der Waals surface area contributed by atoms with Crippen molar-refractivity contribution >= 4 is 5.97 Å². The van der Waals surface area contributed by atoms with Crippen molar-refractivity contribution in [2.45, 2.75) is 32.6 Å². The lowest BCUT2D eigenvalue weighted by molar-refractivity contribution is -0.301. The van der Waals surface area contributed by atoms with E-state index in [1.807, 2.05) is 0 Å². The van der Waals surface area contributed by atoms with Crippen LogP contribution in [0.25, 0.3) is 0 Å². The number of rotatable bonds is 6. The summed E-state index contributed by atoms with van der Waals surface area (Å²) in [5.74, 6) is -1.10. The van der Waals surface area contributed by atoms with Crippen LogP contribution in [0.15, 0.2) is 11.8 Å². The molecule has 0 N–H and O–H groups in total. The highest BCUT2D eigenvalue weighted by Crippen LogP contribution is 2.04. The third kappa shape index (κ3) is 5.28. The molecule has 0 atom stereocenters. The lowest BCUT2D eigenvalue weighted by Crippen LogP contribution is -2.31. The van der Waals surface area contributed by atoms with E-state index in [4.69, 9.17) is 0 Å². The Hall–Kier alpha value is -0.990. The van der Waals surface area contributed by atoms with Crippen molar-refractivity contribution in [3.63, 3.8) is 0 Å². The number of nitrogens with zero attached hydrogens (tertiary/aromatic N) is 1. The van der Waals surface area contributed by atoms with Gasteiger partial charge in [0.2, 0.25) is 0 Å². The molecule has 0 aliphatic heterocycles. The Kier molecular flexibility index (Phi) is 6.02. The SMILES string of the molecule is CCCCC/C=C(\C(=O)[O-])N(C)C. The van der Waals surface area contributed by atoms with Crippen LogP contribution in [-0.2, 0) is 4.79 Å². The molecule has 0 fully saturated rings. The van der Waals surface area contributed by atoms with Crippen molar-refractivity contribution in [3.8, 4) is 0 Å². The summed E-state index contributed by atoms with van der Waals surface area (Å²) in [7, 11) is 3.42. The summed E-state index contributed by atoms with van der Waals surface area (Å²) in [6, 6.07) is 0. The van der Waals surface area contributed by atoms with Crippen LogP contribution in [0, 0.1) is 0 Å². The van der Waals surface area contributed by atoms with Gasteiger partial charge >= 0.3 is 0 Å². The van der Waals surface area contributed by atoms with Gasteiger partial charge in [0.1, 0.15) is 0 Å². The van der Waals surface area contributed by atoms with Gasteiger partial charge in [-0.25, -0.2) is 0 Å². The first kappa shape index (κ1) is 12.0. The number of carbonyl (C=O) groups excluding carboxylic acids is 1. The second-order valence-electron chi connectivity index (χ2n) is 3.27. The van der Waals surface area contributed by atoms with Crippen LogP contribution in [0.3, 0.4) is 0 Å². The molecule has 0 aromatic rings. The molecule has 3 nitrogen and oxygen atoms in total. The molecule has 0 bridgehead atoms. The summed E-state index contributed by atoms with van der Waals surface area (Å²) in [6.07, 6.45) is 5.88. The Morgan fingerprint density at radius 2 is 2.00 bits per heavy atom. The Balaban J connectivity index is 3.98. The highest BCUT2D eigenvalue weighted by molar-refractivity contribution is 5.83. The summed E-state index contributed by atoms with van der Waals surface area (Å²) in [5.41, 5.74) is 0.274. The van der Waals surface area contributed by atoms with E-state index in [9.17, 15) is 9.90 Å². The quantitative estimate of drug-likeness (QED) is 0.452. The largest absolute Gasteiger partial charge is 0.543 e. The Bertz CT molecular complexity index is 185. The Morgan fingerprint density at radius 1 is 1.38 bits per heavy atom. The minimum Gasteiger partial charge on any atom is -0.543 e. The molecule has 0 aromatic carbocycles. The molecule has 0 rings (SSSR count). The maximum atomic E-state index is 10.6. The first-order valence-corrected chi connectivity index (χ1v) is 4.68. The Labute approximate surface area is 80.0 Å². The van der Waals surface area contributed by atoms with E-state index in [0.29, 0.717) is 0 Å². The first-order chi connectivity index (χ1) is 6.09. The van der Waals surface area contributed by atoms with Crippen LogP contribution in [0.4, 0.5) is 0 Å². The average Bonchev–Trinajstić information content (AvgIpc) is 2.02. The van der Waals surface area contributed by atoms with Gasteiger partial charge in [0.15, 0.2) is 0 Å². The zero-order chi connectivity index (χ0) is 10.3. The summed E-state index contributed by atoms with van der Waals surface area (Å²) >= 11 is 0. The molecule has 0 spiro atoms. The van der Waals surface area contributed by atoms with Gasteiger partial charge in [0, 0.05) is 14.1 Å². The number of likely N-dealkylation sites (N-methyl/N-ethyl adjacent to an activating group) is 1. The fourth-order valence-corrected chi connectivity index (χ4v) is 1.08. The van der Waals surface area contributed by atoms with Crippen LogP contribution < -0.4 is 5.11 Å². The van der Waals surface area contributed by atoms with Crippen LogP contribution in [0.2, 0.25) is 0 Å². The topological polar surface area (TPSA) is 43.4 Å². The molecule has 3 heteroatoms. The van der Waals surface area contributed by atoms with Gasteiger partial charge in [-0.3, -0.25) is 0 Å². The summed E-state index contributed by atoms with van der Waals surface area (Å²) in [5, 5.41) is 10.6. The van der Waals surface area contributed by atoms with Crippen molar-refractivity contribution in [1.82, 2.24) is 4.90 Å². The van der Waals surface area contributed by atoms with Crippen molar-refractivity contribution in [2.75, 3.05) is 14.1 Å². The number of carbonyl (C=O) groups is 1. The highest BCUT2D eigenvalue weighted by Gasteiger charge is 1.98. The van der Waals surface area contributed by atoms with Gasteiger partial charge < -0.3 is 14.8 Å². The molecule has 0 saturated carbocycles. The Morgan fingerprint density at radius 3 is 2.38 bits per heavy atom. The molecular weight excluding hydrogens is 166 g/mol. The second-order valence-corrected chi connectivity index (χ2v) is 3.27. The molecule has 13 heavy (non-hydrogen) atoms. The van der Waals surface area contributed by atoms with Crippen LogP contribution in [0.5, 0.6) is 0 Å². The third-order valence-electron chi connectivity index (χ3n) is 1.84. The monoisotopic (exact) mass is 184 g/mol. The van der Waals surface area contributed by atoms with Crippen molar-refractivity contribution in [3.05, 3.63) is 11.8 Å². The number of aliphatic carboxylic acids is 1. The van der Waals surface area contributed by atoms with Gasteiger partial charge in [0.25, 0.3) is 0 Å². The summed E-state index contributed by atoms with van der Waals surface area (Å²) in [6.45, 7) is 2.12. The second kappa shape index (κ2) is 6.52. The van der Waals surface area contributed by atoms with E-state index in [1.165, 1.54) is 0 Å². The fourth-order valence-electron chi connectivity index (χ4n) is 1.08. The fraction of sp³-hybridized carbons (Fsp3) is 0.700. The normalized spacial score (nSPS) is 11.5. The van der Waals surface area contributed by atoms with E-state index in [1.54, 1.807) is 25.1 Å². The van der Waals surface area contributed by atoms with Gasteiger partial charge in [-0.05, 0) is 12.8 Å². The maximum absolute atomic E-state index is 10.6. The van der Waals surface area contributed by atoms with Crippen molar-refractivity contribution in [1.29, 1.82) is 0 Å². The third-order valence-corrected chi connectivity index (χ3v) is 1.84. The number of carboxylic acids is 1. The predicted octanol–water partition coefficient (Wildman–Crippen LogP) is 0.762. The maximum Gasteiger partial charge on any atom is 0.0873 e. The van der Waals surface area contributed by atoms with E-state index >= 15 is 0 Å². The highest BCUT2D eigenvalue weighted by atomic mass is 16.4. The number of hydrogen-bond acceptors (Lipinski definition) is 3. The molecule has 0 aromatic heterocycles. The van der Waals surface area contributed by atoms with E-state index in [0.717, 1.165) is 25.7 Å². The van der Waals surface area contributed by atoms with Crippen molar-refractivity contribution < 1.29 is 9.90 Å². The first-order valence-electron chi connectivity index (χ1n) is 4.68. The summed E-state index contributed by atoms with van der Waals surface area (Å²) < 4.78 is 0. The minimum absolute atomic E-state index is 0.274.